The summed E-state index contributed by atoms with van der Waals surface area (Å²) in [6.07, 6.45) is 8.75. The Morgan fingerprint density at radius 1 is 0.974 bits per heavy atom. The number of methoxy groups -OCH3 is 2. The number of piperazine rings is 1. The van der Waals surface area contributed by atoms with Crippen LogP contribution in [0.2, 0.25) is 0 Å². The standard InChI is InChI=1S/C57H69FN10O9S/c1-35(2)42-9-7-8-10-43(42)48-34-65(33-38-23-36(3)62-51(24-38)75-5)21-22-67(48)40-28-57(29-40)17-19-66(20-18-57)39-11-12-44(49(25-39)77-50-27-45-46(58)32-61-52(45)63-55(50)76-6)54(69)64-78(73,74)41-26-47(68(71)72)53(60-31-41)59-30-37-13-15-56(4,70)16-14-37/h7-12,23-27,31-32,35,37,40,48,70H,13-22,28-30,33-34H2,1-6H3,(H,59,60)(H,61,63)(H,64,69)/t37?,48-,56?/m0/s1. The van der Waals surface area contributed by atoms with E-state index in [0.29, 0.717) is 50.1 Å². The minimum atomic E-state index is -4.75. The molecular formula is C57H69FN10O9S. The number of nitro groups is 1. The molecule has 4 aliphatic rings. The number of aromatic nitrogens is 4. The summed E-state index contributed by atoms with van der Waals surface area (Å²) in [4.78, 5) is 48.4. The predicted octanol–water partition coefficient (Wildman–Crippen LogP) is 9.42. The van der Waals surface area contributed by atoms with E-state index in [-0.39, 0.29) is 57.2 Å². The van der Waals surface area contributed by atoms with Crippen molar-refractivity contribution in [1.29, 1.82) is 0 Å². The first kappa shape index (κ1) is 54.4. The summed E-state index contributed by atoms with van der Waals surface area (Å²) < 4.78 is 62.2. The zero-order valence-electron chi connectivity index (χ0n) is 45.1. The lowest BCUT2D eigenvalue weighted by Gasteiger charge is -2.58. The first-order valence-electron chi connectivity index (χ1n) is 26.8. The molecule has 0 unspecified atom stereocenters. The van der Waals surface area contributed by atoms with Gasteiger partial charge in [0.15, 0.2) is 5.75 Å². The van der Waals surface area contributed by atoms with Crippen LogP contribution in [0, 0.1) is 34.2 Å². The summed E-state index contributed by atoms with van der Waals surface area (Å²) in [7, 11) is -1.72. The Hall–Kier alpha value is -6.94. The van der Waals surface area contributed by atoms with Crippen molar-refractivity contribution in [3.05, 3.63) is 123 Å². The molecule has 4 N–H and O–H groups in total. The Labute approximate surface area is 454 Å². The second-order valence-electron chi connectivity index (χ2n) is 22.3. The Morgan fingerprint density at radius 2 is 1.73 bits per heavy atom. The van der Waals surface area contributed by atoms with Crippen LogP contribution in [0.4, 0.5) is 21.6 Å². The second-order valence-corrected chi connectivity index (χ2v) is 24.0. The molecule has 10 rings (SSSR count). The molecular weight excluding hydrogens is 1020 g/mol. The molecule has 4 fully saturated rings. The predicted molar refractivity (Wildman–Crippen MR) is 293 cm³/mol. The van der Waals surface area contributed by atoms with Crippen molar-refractivity contribution in [1.82, 2.24) is 34.5 Å². The summed E-state index contributed by atoms with van der Waals surface area (Å²) in [6.45, 7) is 13.7. The molecule has 1 atom stereocenters. The summed E-state index contributed by atoms with van der Waals surface area (Å²) in [6, 6.07) is 20.8. The van der Waals surface area contributed by atoms with E-state index in [9.17, 15) is 32.8 Å². The van der Waals surface area contributed by atoms with Gasteiger partial charge in [-0.15, -0.1) is 0 Å². The maximum atomic E-state index is 14.9. The van der Waals surface area contributed by atoms with Crippen molar-refractivity contribution in [2.75, 3.05) is 63.7 Å². The van der Waals surface area contributed by atoms with Crippen molar-refractivity contribution in [2.24, 2.45) is 11.3 Å². The topological polar surface area (TPSA) is 231 Å². The third kappa shape index (κ3) is 11.6. The molecule has 414 valence electrons. The van der Waals surface area contributed by atoms with Crippen molar-refractivity contribution in [3.8, 4) is 23.3 Å². The smallest absolute Gasteiger partial charge is 0.312 e. The van der Waals surface area contributed by atoms with Gasteiger partial charge in [-0.1, -0.05) is 38.1 Å². The zero-order valence-corrected chi connectivity index (χ0v) is 45.9. The number of nitrogens with one attached hydrogen (secondary N) is 3. The number of piperidine rings is 1. The van der Waals surface area contributed by atoms with Gasteiger partial charge in [-0.25, -0.2) is 27.5 Å². The lowest BCUT2D eigenvalue weighted by molar-refractivity contribution is -0.384. The van der Waals surface area contributed by atoms with E-state index in [2.05, 4.69) is 88.9 Å². The Morgan fingerprint density at radius 3 is 2.45 bits per heavy atom. The van der Waals surface area contributed by atoms with Gasteiger partial charge in [0.1, 0.15) is 22.1 Å². The number of benzene rings is 2. The SMILES string of the molecule is COc1cc(CN2CCN(C3CC4(CCN(c5ccc(C(=O)NS(=O)(=O)c6cnc(NCC7CCC(C)(O)CC7)c([N+](=O)[O-])c6)c(Oc6cc7c(F)c[nH]c7nc6OC)c5)CC4)C3)[C@H](c3ccccc3C(C)C)C2)cc(C)n1. The maximum absolute atomic E-state index is 14.9. The quantitative estimate of drug-likeness (QED) is 0.0492. The molecule has 4 aromatic heterocycles. The van der Waals surface area contributed by atoms with Crippen LogP contribution in [0.25, 0.3) is 11.0 Å². The molecule has 2 saturated carbocycles. The molecule has 78 heavy (non-hydrogen) atoms. The molecule has 1 spiro atoms. The molecule has 6 aromatic rings. The molecule has 0 bridgehead atoms. The number of fused-ring (bicyclic) bond motifs is 1. The molecule has 2 saturated heterocycles. The van der Waals surface area contributed by atoms with Gasteiger partial charge in [0.05, 0.1) is 41.9 Å². The third-order valence-electron chi connectivity index (χ3n) is 16.6. The van der Waals surface area contributed by atoms with Crippen molar-refractivity contribution < 1.29 is 41.8 Å². The fourth-order valence-corrected chi connectivity index (χ4v) is 13.1. The average Bonchev–Trinajstić information content (AvgIpc) is 3.83. The van der Waals surface area contributed by atoms with E-state index in [1.807, 2.05) is 13.0 Å². The van der Waals surface area contributed by atoms with Gasteiger partial charge in [0.25, 0.3) is 21.8 Å². The highest BCUT2D eigenvalue weighted by molar-refractivity contribution is 7.90. The van der Waals surface area contributed by atoms with Crippen LogP contribution in [-0.2, 0) is 16.6 Å². The number of aryl methyl sites for hydroxylation is 1. The number of nitrogens with zero attached hydrogens (tertiary/aromatic N) is 7. The number of sulfonamides is 1. The molecule has 6 heterocycles. The van der Waals surface area contributed by atoms with E-state index in [1.165, 1.54) is 35.9 Å². The lowest BCUT2D eigenvalue weighted by Crippen LogP contribution is -2.60. The number of halogens is 1. The largest absolute Gasteiger partial charge is 0.481 e. The second kappa shape index (κ2) is 22.1. The summed E-state index contributed by atoms with van der Waals surface area (Å²) in [5.74, 6) is -0.761. The molecule has 0 radical (unpaired) electrons. The van der Waals surface area contributed by atoms with Crippen LogP contribution in [-0.4, -0.2) is 119 Å². The Bertz CT molecular complexity index is 3310. The van der Waals surface area contributed by atoms with E-state index in [4.69, 9.17) is 14.2 Å². The lowest BCUT2D eigenvalue weighted by atomic mass is 9.59. The van der Waals surface area contributed by atoms with Gasteiger partial charge >= 0.3 is 5.69 Å². The molecule has 2 aliphatic carbocycles. The molecule has 2 aliphatic heterocycles. The van der Waals surface area contributed by atoms with Crippen LogP contribution >= 0.6 is 0 Å². The number of hydrogen-bond donors (Lipinski definition) is 4. The number of aromatic amines is 1. The van der Waals surface area contributed by atoms with Gasteiger partial charge in [-0.3, -0.25) is 24.7 Å². The fraction of sp³-hybridized carbons (Fsp3) is 0.474. The van der Waals surface area contributed by atoms with Crippen molar-refractivity contribution >= 4 is 44.2 Å². The van der Waals surface area contributed by atoms with Crippen LogP contribution in [0.3, 0.4) is 0 Å². The number of amides is 1. The van der Waals surface area contributed by atoms with Crippen molar-refractivity contribution in [3.63, 3.8) is 0 Å². The first-order chi connectivity index (χ1) is 37.3. The monoisotopic (exact) mass is 1090 g/mol. The minimum absolute atomic E-state index is 0.0172. The number of anilines is 2. The van der Waals surface area contributed by atoms with Crippen molar-refractivity contribution in [2.45, 2.75) is 114 Å². The van der Waals surface area contributed by atoms with Gasteiger partial charge in [-0.05, 0) is 117 Å². The van der Waals surface area contributed by atoms with E-state index in [1.54, 1.807) is 26.2 Å². The number of aliphatic hydroxyl groups is 1. The van der Waals surface area contributed by atoms with Crippen LogP contribution in [0.1, 0.15) is 117 Å². The summed E-state index contributed by atoms with van der Waals surface area (Å²) in [5.41, 5.74) is 4.45. The number of carbonyl (C=O) groups excluding carboxylic acids is 1. The number of hydrogen-bond acceptors (Lipinski definition) is 16. The van der Waals surface area contributed by atoms with Crippen LogP contribution in [0.5, 0.6) is 23.3 Å². The highest BCUT2D eigenvalue weighted by Gasteiger charge is 2.50. The van der Waals surface area contributed by atoms with Gasteiger partial charge < -0.3 is 34.5 Å². The normalized spacial score (nSPS) is 21.1. The number of rotatable bonds is 17. The van der Waals surface area contributed by atoms with Gasteiger partial charge in [0, 0.05) is 99.7 Å². The van der Waals surface area contributed by atoms with Gasteiger partial charge in [-0.2, -0.15) is 4.98 Å². The van der Waals surface area contributed by atoms with Crippen LogP contribution in [0.15, 0.2) is 84.0 Å². The van der Waals surface area contributed by atoms with E-state index >= 15 is 0 Å². The number of ether oxygens (including phenoxy) is 3. The number of pyridine rings is 3. The summed E-state index contributed by atoms with van der Waals surface area (Å²) >= 11 is 0. The third-order valence-corrected chi connectivity index (χ3v) is 17.9. The molecule has 2 aromatic carbocycles. The highest BCUT2D eigenvalue weighted by atomic mass is 32.2. The van der Waals surface area contributed by atoms with E-state index in [0.717, 1.165) is 94.8 Å². The van der Waals surface area contributed by atoms with E-state index < -0.39 is 42.9 Å². The Balaban J connectivity index is 0.858. The minimum Gasteiger partial charge on any atom is -0.481 e. The molecule has 19 nitrogen and oxygen atoms in total. The van der Waals surface area contributed by atoms with Crippen LogP contribution < -0.4 is 29.1 Å². The highest BCUT2D eigenvalue weighted by Crippen LogP contribution is 2.53. The molecule has 1 amide bonds. The Kier molecular flexibility index (Phi) is 15.4. The first-order valence-corrected chi connectivity index (χ1v) is 28.3. The average molecular weight is 1090 g/mol. The summed E-state index contributed by atoms with van der Waals surface area (Å²) in [5, 5.41) is 25.7. The number of carbonyl (C=O) groups is 1. The fourth-order valence-electron chi connectivity index (χ4n) is 12.2. The number of H-pyrrole nitrogens is 1. The zero-order chi connectivity index (χ0) is 55.1. The molecule has 21 heteroatoms. The van der Waals surface area contributed by atoms with Gasteiger partial charge in [0.2, 0.25) is 11.7 Å². The maximum Gasteiger partial charge on any atom is 0.312 e.